The maximum atomic E-state index is 13.1. The van der Waals surface area contributed by atoms with Crippen molar-refractivity contribution in [2.24, 2.45) is 0 Å². The molecule has 3 aromatic rings. The fourth-order valence-electron chi connectivity index (χ4n) is 3.60. The number of nitrogens with zero attached hydrogens (tertiary/aromatic N) is 3. The van der Waals surface area contributed by atoms with Gasteiger partial charge in [-0.15, -0.1) is 0 Å². The van der Waals surface area contributed by atoms with E-state index in [1.807, 2.05) is 6.20 Å². The standard InChI is InChI=1S/C20H24FN5S/c1-26(2)27-25-16-9-5-13(6-10-16)17-11-18-19(23-17)12-22-20(24-18)14-3-7-15(21)8-4-14/h3-4,7-8,11-13,16,23,25H,5-6,9-10H2,1-2H3. The molecule has 1 fully saturated rings. The molecule has 7 heteroatoms. The molecular formula is C20H24FN5S. The van der Waals surface area contributed by atoms with Crippen LogP contribution in [0.4, 0.5) is 4.39 Å². The average molecular weight is 386 g/mol. The molecule has 2 N–H and O–H groups in total. The molecule has 27 heavy (non-hydrogen) atoms. The van der Waals surface area contributed by atoms with Gasteiger partial charge < -0.3 is 4.98 Å². The molecule has 5 nitrogen and oxygen atoms in total. The lowest BCUT2D eigenvalue weighted by Gasteiger charge is -2.28. The van der Waals surface area contributed by atoms with Gasteiger partial charge in [0.25, 0.3) is 0 Å². The van der Waals surface area contributed by atoms with Crippen molar-refractivity contribution in [1.82, 2.24) is 24.0 Å². The Balaban J connectivity index is 1.47. The topological polar surface area (TPSA) is 56.8 Å². The first-order chi connectivity index (χ1) is 13.1. The van der Waals surface area contributed by atoms with Gasteiger partial charge in [0, 0.05) is 29.4 Å². The van der Waals surface area contributed by atoms with Gasteiger partial charge in [-0.1, -0.05) is 0 Å². The zero-order valence-corrected chi connectivity index (χ0v) is 16.4. The van der Waals surface area contributed by atoms with Crippen LogP contribution in [0.3, 0.4) is 0 Å². The fourth-order valence-corrected chi connectivity index (χ4v) is 4.20. The third-order valence-corrected chi connectivity index (χ3v) is 5.86. The first-order valence-electron chi connectivity index (χ1n) is 9.30. The summed E-state index contributed by atoms with van der Waals surface area (Å²) in [4.78, 5) is 12.6. The third kappa shape index (κ3) is 4.31. The first kappa shape index (κ1) is 18.4. The molecule has 0 unspecified atom stereocenters. The Hall–Kier alpha value is -1.96. The summed E-state index contributed by atoms with van der Waals surface area (Å²) in [5, 5.41) is 0. The number of aromatic nitrogens is 3. The van der Waals surface area contributed by atoms with Crippen molar-refractivity contribution < 1.29 is 4.39 Å². The van der Waals surface area contributed by atoms with Gasteiger partial charge in [-0.25, -0.2) is 23.4 Å². The summed E-state index contributed by atoms with van der Waals surface area (Å²) < 4.78 is 18.7. The van der Waals surface area contributed by atoms with Crippen LogP contribution >= 0.6 is 12.1 Å². The lowest BCUT2D eigenvalue weighted by Crippen LogP contribution is -2.30. The molecule has 0 atom stereocenters. The summed E-state index contributed by atoms with van der Waals surface area (Å²) >= 11 is 1.67. The molecule has 0 aliphatic heterocycles. The molecule has 0 saturated heterocycles. The highest BCUT2D eigenvalue weighted by Crippen LogP contribution is 2.34. The van der Waals surface area contributed by atoms with Crippen LogP contribution in [0.2, 0.25) is 0 Å². The van der Waals surface area contributed by atoms with Crippen molar-refractivity contribution in [3.05, 3.63) is 48.0 Å². The van der Waals surface area contributed by atoms with Crippen molar-refractivity contribution in [3.8, 4) is 11.4 Å². The van der Waals surface area contributed by atoms with Crippen molar-refractivity contribution in [2.45, 2.75) is 37.6 Å². The van der Waals surface area contributed by atoms with Gasteiger partial charge in [0.05, 0.1) is 17.2 Å². The van der Waals surface area contributed by atoms with E-state index in [4.69, 9.17) is 0 Å². The van der Waals surface area contributed by atoms with E-state index >= 15 is 0 Å². The van der Waals surface area contributed by atoms with Gasteiger partial charge in [-0.05, 0) is 76.0 Å². The molecule has 142 valence electrons. The second-order valence-electron chi connectivity index (χ2n) is 7.29. The van der Waals surface area contributed by atoms with Crippen LogP contribution < -0.4 is 4.72 Å². The smallest absolute Gasteiger partial charge is 0.159 e. The number of aromatic amines is 1. The van der Waals surface area contributed by atoms with E-state index in [-0.39, 0.29) is 5.82 Å². The maximum absolute atomic E-state index is 13.1. The molecule has 0 spiro atoms. The van der Waals surface area contributed by atoms with Crippen LogP contribution in [-0.4, -0.2) is 39.4 Å². The Labute approximate surface area is 163 Å². The Morgan fingerprint density at radius 2 is 1.89 bits per heavy atom. The largest absolute Gasteiger partial charge is 0.356 e. The van der Waals surface area contributed by atoms with Crippen LogP contribution in [0.5, 0.6) is 0 Å². The third-order valence-electron chi connectivity index (χ3n) is 5.06. The minimum atomic E-state index is -0.252. The molecule has 4 rings (SSSR count). The van der Waals surface area contributed by atoms with Gasteiger partial charge in [-0.3, -0.25) is 0 Å². The summed E-state index contributed by atoms with van der Waals surface area (Å²) in [6, 6.07) is 9.02. The molecule has 2 aromatic heterocycles. The molecule has 1 aliphatic rings. The van der Waals surface area contributed by atoms with Crippen LogP contribution in [0, 0.1) is 5.82 Å². The number of H-pyrrole nitrogens is 1. The van der Waals surface area contributed by atoms with Crippen molar-refractivity contribution >= 4 is 23.2 Å². The summed E-state index contributed by atoms with van der Waals surface area (Å²) in [6.07, 6.45) is 6.50. The van der Waals surface area contributed by atoms with E-state index in [0.717, 1.165) is 29.4 Å². The van der Waals surface area contributed by atoms with Gasteiger partial charge >= 0.3 is 0 Å². The van der Waals surface area contributed by atoms with Gasteiger partial charge in [0.1, 0.15) is 5.82 Å². The maximum Gasteiger partial charge on any atom is 0.159 e. The molecule has 1 saturated carbocycles. The lowest BCUT2D eigenvalue weighted by atomic mass is 9.84. The second-order valence-corrected chi connectivity index (χ2v) is 8.44. The summed E-state index contributed by atoms with van der Waals surface area (Å²) in [5.41, 5.74) is 3.95. The van der Waals surface area contributed by atoms with Crippen molar-refractivity contribution in [3.63, 3.8) is 0 Å². The molecule has 0 amide bonds. The Morgan fingerprint density at radius 1 is 1.15 bits per heavy atom. The second kappa shape index (κ2) is 7.96. The fraction of sp³-hybridized carbons (Fsp3) is 0.400. The molecule has 0 bridgehead atoms. The Kier molecular flexibility index (Phi) is 5.43. The number of nitrogens with one attached hydrogen (secondary N) is 2. The van der Waals surface area contributed by atoms with Gasteiger partial charge in [0.15, 0.2) is 5.82 Å². The summed E-state index contributed by atoms with van der Waals surface area (Å²) in [7, 11) is 4.10. The quantitative estimate of drug-likeness (QED) is 0.633. The predicted octanol–water partition coefficient (Wildman–Crippen LogP) is 4.50. The molecule has 1 aromatic carbocycles. The first-order valence-corrected chi connectivity index (χ1v) is 10.1. The normalized spacial score (nSPS) is 20.4. The van der Waals surface area contributed by atoms with Gasteiger partial charge in [0.2, 0.25) is 0 Å². The van der Waals surface area contributed by atoms with E-state index in [1.165, 1.54) is 30.7 Å². The average Bonchev–Trinajstić information content (AvgIpc) is 3.10. The number of rotatable bonds is 5. The highest BCUT2D eigenvalue weighted by Gasteiger charge is 2.24. The van der Waals surface area contributed by atoms with Gasteiger partial charge in [-0.2, -0.15) is 0 Å². The minimum Gasteiger partial charge on any atom is -0.356 e. The lowest BCUT2D eigenvalue weighted by molar-refractivity contribution is 0.376. The van der Waals surface area contributed by atoms with Crippen LogP contribution in [0.15, 0.2) is 36.5 Å². The molecule has 2 heterocycles. The highest BCUT2D eigenvalue weighted by molar-refractivity contribution is 7.95. The number of hydrogen-bond acceptors (Lipinski definition) is 5. The predicted molar refractivity (Wildman–Crippen MR) is 109 cm³/mol. The Morgan fingerprint density at radius 3 is 2.59 bits per heavy atom. The van der Waals surface area contributed by atoms with Crippen LogP contribution in [0.25, 0.3) is 22.4 Å². The van der Waals surface area contributed by atoms with Crippen LogP contribution in [0.1, 0.15) is 37.3 Å². The summed E-state index contributed by atoms with van der Waals surface area (Å²) in [6.45, 7) is 0. The Bertz CT molecular complexity index is 900. The zero-order valence-electron chi connectivity index (χ0n) is 15.6. The van der Waals surface area contributed by atoms with E-state index in [1.54, 1.807) is 24.3 Å². The number of fused-ring (bicyclic) bond motifs is 1. The SMILES string of the molecule is CN(C)SNC1CCC(c2cc3nc(-c4ccc(F)cc4)ncc3[nH]2)CC1. The minimum absolute atomic E-state index is 0.252. The number of hydrogen-bond donors (Lipinski definition) is 2. The molecular weight excluding hydrogens is 361 g/mol. The molecule has 1 aliphatic carbocycles. The highest BCUT2D eigenvalue weighted by atomic mass is 32.2. The van der Waals surface area contributed by atoms with E-state index in [9.17, 15) is 4.39 Å². The number of benzene rings is 1. The number of halogens is 1. The monoisotopic (exact) mass is 385 g/mol. The summed E-state index contributed by atoms with van der Waals surface area (Å²) in [5.74, 6) is 0.912. The zero-order chi connectivity index (χ0) is 18.8. The molecule has 0 radical (unpaired) electrons. The van der Waals surface area contributed by atoms with Crippen molar-refractivity contribution in [1.29, 1.82) is 0 Å². The van der Waals surface area contributed by atoms with E-state index < -0.39 is 0 Å². The van der Waals surface area contributed by atoms with E-state index in [2.05, 4.69) is 44.1 Å². The van der Waals surface area contributed by atoms with Crippen LogP contribution in [-0.2, 0) is 0 Å². The van der Waals surface area contributed by atoms with E-state index in [0.29, 0.717) is 17.8 Å². The van der Waals surface area contributed by atoms with Crippen molar-refractivity contribution in [2.75, 3.05) is 14.1 Å².